The fourth-order valence-corrected chi connectivity index (χ4v) is 3.61. The van der Waals surface area contributed by atoms with Gasteiger partial charge in [-0.15, -0.1) is 0 Å². The van der Waals surface area contributed by atoms with Gasteiger partial charge in [0.15, 0.2) is 0 Å². The first kappa shape index (κ1) is 23.3. The number of nitrogens with zero attached hydrogens (tertiary/aromatic N) is 4. The third-order valence-corrected chi connectivity index (χ3v) is 5.52. The van der Waals surface area contributed by atoms with Gasteiger partial charge < -0.3 is 16.4 Å². The highest BCUT2D eigenvalue weighted by Crippen LogP contribution is 2.28. The Labute approximate surface area is 202 Å². The lowest BCUT2D eigenvalue weighted by Gasteiger charge is -2.10. The van der Waals surface area contributed by atoms with Crippen LogP contribution in [-0.2, 0) is 16.0 Å². The van der Waals surface area contributed by atoms with Gasteiger partial charge in [0.05, 0.1) is 17.3 Å². The predicted molar refractivity (Wildman–Crippen MR) is 133 cm³/mol. The molecule has 174 valence electrons. The summed E-state index contributed by atoms with van der Waals surface area (Å²) in [6, 6.07) is 14.7. The molecular formula is C26H23N7O2. The predicted octanol–water partition coefficient (Wildman–Crippen LogP) is 3.14. The molecule has 0 spiro atoms. The van der Waals surface area contributed by atoms with Gasteiger partial charge in [-0.25, -0.2) is 9.97 Å². The fourth-order valence-electron chi connectivity index (χ4n) is 3.61. The lowest BCUT2D eigenvalue weighted by atomic mass is 10.1. The highest BCUT2D eigenvalue weighted by atomic mass is 16.2. The van der Waals surface area contributed by atoms with E-state index in [1.165, 1.54) is 6.20 Å². The Hall–Kier alpha value is -4.84. The van der Waals surface area contributed by atoms with E-state index < -0.39 is 11.8 Å². The molecule has 4 N–H and O–H groups in total. The van der Waals surface area contributed by atoms with Gasteiger partial charge in [0.2, 0.25) is 0 Å². The first-order valence-corrected chi connectivity index (χ1v) is 11.0. The molecule has 3 aromatic heterocycles. The van der Waals surface area contributed by atoms with Crippen molar-refractivity contribution >= 4 is 34.2 Å². The maximum atomic E-state index is 12.3. The molecule has 0 radical (unpaired) electrons. The van der Waals surface area contributed by atoms with Crippen LogP contribution in [0.5, 0.6) is 0 Å². The summed E-state index contributed by atoms with van der Waals surface area (Å²) in [7, 11) is 0. The van der Waals surface area contributed by atoms with Crippen molar-refractivity contribution in [2.24, 2.45) is 0 Å². The number of rotatable bonds is 6. The number of pyridine rings is 3. The van der Waals surface area contributed by atoms with Crippen LogP contribution < -0.4 is 16.4 Å². The van der Waals surface area contributed by atoms with Crippen molar-refractivity contribution in [1.82, 2.24) is 20.3 Å². The van der Waals surface area contributed by atoms with Gasteiger partial charge in [0.25, 0.3) is 0 Å². The van der Waals surface area contributed by atoms with Crippen LogP contribution in [0.25, 0.3) is 22.0 Å². The molecule has 3 heterocycles. The summed E-state index contributed by atoms with van der Waals surface area (Å²) < 4.78 is 0. The van der Waals surface area contributed by atoms with E-state index in [4.69, 9.17) is 11.0 Å². The lowest BCUT2D eigenvalue weighted by Crippen LogP contribution is -2.36. The second kappa shape index (κ2) is 10.4. The normalized spacial score (nSPS) is 10.5. The second-order valence-electron chi connectivity index (χ2n) is 8.00. The molecule has 2 amide bonds. The molecule has 35 heavy (non-hydrogen) atoms. The van der Waals surface area contributed by atoms with Gasteiger partial charge in [-0.1, -0.05) is 12.1 Å². The van der Waals surface area contributed by atoms with Gasteiger partial charge >= 0.3 is 11.8 Å². The number of carbonyl (C=O) groups is 2. The lowest BCUT2D eigenvalue weighted by molar-refractivity contribution is -0.136. The van der Waals surface area contributed by atoms with E-state index in [1.807, 2.05) is 31.2 Å². The molecule has 4 aromatic rings. The van der Waals surface area contributed by atoms with Crippen molar-refractivity contribution in [3.8, 4) is 17.3 Å². The average Bonchev–Trinajstić information content (AvgIpc) is 2.87. The van der Waals surface area contributed by atoms with E-state index in [1.54, 1.807) is 30.6 Å². The number of carbonyl (C=O) groups excluding carboxylic acids is 2. The van der Waals surface area contributed by atoms with Crippen molar-refractivity contribution in [2.75, 3.05) is 17.6 Å². The number of fused-ring (bicyclic) bond motifs is 1. The van der Waals surface area contributed by atoms with E-state index in [0.29, 0.717) is 41.8 Å². The Morgan fingerprint density at radius 1 is 1.09 bits per heavy atom. The molecule has 0 aliphatic heterocycles. The van der Waals surface area contributed by atoms with Crippen molar-refractivity contribution < 1.29 is 9.59 Å². The van der Waals surface area contributed by atoms with Crippen LogP contribution in [0.2, 0.25) is 0 Å². The number of hydrogen-bond acceptors (Lipinski definition) is 7. The minimum absolute atomic E-state index is 0.231. The first-order chi connectivity index (χ1) is 16.9. The number of aromatic nitrogens is 3. The number of aryl methyl sites for hydroxylation is 2. The molecular weight excluding hydrogens is 442 g/mol. The molecule has 0 saturated heterocycles. The van der Waals surface area contributed by atoms with Crippen LogP contribution in [-0.4, -0.2) is 33.3 Å². The number of benzene rings is 1. The molecule has 0 bridgehead atoms. The Balaban J connectivity index is 1.38. The number of nitrogens with one attached hydrogen (secondary N) is 2. The monoisotopic (exact) mass is 465 g/mol. The molecule has 0 atom stereocenters. The summed E-state index contributed by atoms with van der Waals surface area (Å²) in [4.78, 5) is 37.4. The van der Waals surface area contributed by atoms with Gasteiger partial charge in [-0.3, -0.25) is 14.6 Å². The molecule has 0 aliphatic rings. The number of anilines is 2. The Morgan fingerprint density at radius 3 is 2.63 bits per heavy atom. The Kier molecular flexibility index (Phi) is 6.93. The fraction of sp³-hybridized carbons (Fsp3) is 0.154. The van der Waals surface area contributed by atoms with Crippen molar-refractivity contribution in [3.63, 3.8) is 0 Å². The SMILES string of the molecule is Cc1ccncc1-c1cc2cc(NC(=O)C(=O)NCCCc3ccc(C#N)cc3)ncc2c(N)n1. The number of nitrogen functional groups attached to an aromatic ring is 1. The van der Waals surface area contributed by atoms with E-state index >= 15 is 0 Å². The molecule has 0 fully saturated rings. The van der Waals surface area contributed by atoms with Gasteiger partial charge in [0, 0.05) is 36.1 Å². The summed E-state index contributed by atoms with van der Waals surface area (Å²) in [5, 5.41) is 15.3. The van der Waals surface area contributed by atoms with E-state index in [2.05, 4.69) is 31.7 Å². The van der Waals surface area contributed by atoms with Crippen LogP contribution in [0.4, 0.5) is 11.6 Å². The van der Waals surface area contributed by atoms with Crippen LogP contribution in [0.1, 0.15) is 23.1 Å². The summed E-state index contributed by atoms with van der Waals surface area (Å²) >= 11 is 0. The molecule has 1 aromatic carbocycles. The van der Waals surface area contributed by atoms with E-state index in [9.17, 15) is 9.59 Å². The third-order valence-electron chi connectivity index (χ3n) is 5.52. The Bertz CT molecular complexity index is 1440. The zero-order valence-corrected chi connectivity index (χ0v) is 19.1. The highest BCUT2D eigenvalue weighted by molar-refractivity contribution is 6.39. The number of amides is 2. The molecule has 9 heteroatoms. The summed E-state index contributed by atoms with van der Waals surface area (Å²) in [5.74, 6) is -1.01. The van der Waals surface area contributed by atoms with Gasteiger partial charge in [-0.2, -0.15) is 5.26 Å². The van der Waals surface area contributed by atoms with Crippen molar-refractivity contribution in [2.45, 2.75) is 19.8 Å². The quantitative estimate of drug-likeness (QED) is 0.293. The van der Waals surface area contributed by atoms with Crippen LogP contribution in [0.15, 0.2) is 61.1 Å². The number of hydrogen-bond donors (Lipinski definition) is 3. The van der Waals surface area contributed by atoms with E-state index in [0.717, 1.165) is 22.1 Å². The maximum absolute atomic E-state index is 12.3. The van der Waals surface area contributed by atoms with E-state index in [-0.39, 0.29) is 5.82 Å². The van der Waals surface area contributed by atoms with Gasteiger partial charge in [-0.05, 0) is 66.6 Å². The molecule has 4 rings (SSSR count). The standard InChI is InChI=1S/C26H23N7O2/c1-16-8-10-29-14-20(16)22-11-19-12-23(31-15-21(19)24(28)32-22)33-26(35)25(34)30-9-2-3-17-4-6-18(13-27)7-5-17/h4-8,10-12,14-15H,2-3,9H2,1H3,(H2,28,32)(H,30,34)(H,31,33,35). The minimum Gasteiger partial charge on any atom is -0.383 e. The molecule has 0 unspecified atom stereocenters. The van der Waals surface area contributed by atoms with Crippen LogP contribution in [0.3, 0.4) is 0 Å². The summed E-state index contributed by atoms with van der Waals surface area (Å²) in [6.07, 6.45) is 6.32. The summed E-state index contributed by atoms with van der Waals surface area (Å²) in [6.45, 7) is 2.30. The Morgan fingerprint density at radius 2 is 1.89 bits per heavy atom. The minimum atomic E-state index is -0.805. The largest absolute Gasteiger partial charge is 0.383 e. The van der Waals surface area contributed by atoms with Crippen molar-refractivity contribution in [1.29, 1.82) is 5.26 Å². The molecule has 0 saturated carbocycles. The smallest absolute Gasteiger partial charge is 0.314 e. The number of nitrogens with two attached hydrogens (primary N) is 1. The zero-order chi connectivity index (χ0) is 24.8. The molecule has 9 nitrogen and oxygen atoms in total. The third kappa shape index (κ3) is 5.57. The zero-order valence-electron chi connectivity index (χ0n) is 19.1. The van der Waals surface area contributed by atoms with Crippen LogP contribution >= 0.6 is 0 Å². The van der Waals surface area contributed by atoms with Crippen molar-refractivity contribution in [3.05, 3.63) is 77.7 Å². The first-order valence-electron chi connectivity index (χ1n) is 11.0. The van der Waals surface area contributed by atoms with Crippen LogP contribution in [0, 0.1) is 18.3 Å². The highest BCUT2D eigenvalue weighted by Gasteiger charge is 2.15. The van der Waals surface area contributed by atoms with Gasteiger partial charge in [0.1, 0.15) is 11.6 Å². The topological polar surface area (TPSA) is 147 Å². The second-order valence-corrected chi connectivity index (χ2v) is 8.00. The maximum Gasteiger partial charge on any atom is 0.314 e. The molecule has 0 aliphatic carbocycles. The average molecular weight is 466 g/mol. The summed E-state index contributed by atoms with van der Waals surface area (Å²) in [5.41, 5.74) is 10.3. The number of nitriles is 1.